The molecule has 1 N–H and O–H groups in total. The van der Waals surface area contributed by atoms with Crippen LogP contribution in [0.5, 0.6) is 0 Å². The van der Waals surface area contributed by atoms with Gasteiger partial charge in [-0.2, -0.15) is 0 Å². The lowest BCUT2D eigenvalue weighted by atomic mass is 10.2. The fraction of sp³-hybridized carbons (Fsp3) is 0.385. The highest BCUT2D eigenvalue weighted by Gasteiger charge is 2.12. The first-order valence-electron chi connectivity index (χ1n) is 5.87. The van der Waals surface area contributed by atoms with Gasteiger partial charge < -0.3 is 10.0 Å². The number of thiophene rings is 1. The molecule has 1 unspecified atom stereocenters. The van der Waals surface area contributed by atoms with Gasteiger partial charge >= 0.3 is 0 Å². The lowest BCUT2D eigenvalue weighted by Crippen LogP contribution is -2.31. The van der Waals surface area contributed by atoms with Gasteiger partial charge in [-0.15, -0.1) is 11.3 Å². The highest BCUT2D eigenvalue weighted by Crippen LogP contribution is 2.17. The van der Waals surface area contributed by atoms with Crippen LogP contribution < -0.4 is 4.90 Å². The Balaban J connectivity index is 2.02. The zero-order valence-corrected chi connectivity index (χ0v) is 11.4. The summed E-state index contributed by atoms with van der Waals surface area (Å²) in [5, 5.41) is 11.0. The number of aromatic nitrogens is 2. The molecule has 1 atom stereocenters. The zero-order chi connectivity index (χ0) is 13.0. The van der Waals surface area contributed by atoms with Crippen LogP contribution in [-0.2, 0) is 13.0 Å². The Hall–Kier alpha value is -1.46. The average molecular weight is 263 g/mol. The van der Waals surface area contributed by atoms with E-state index in [0.29, 0.717) is 11.7 Å². The summed E-state index contributed by atoms with van der Waals surface area (Å²) in [5.74, 6) is 0.830. The van der Waals surface area contributed by atoms with Gasteiger partial charge in [0, 0.05) is 24.4 Å². The number of likely N-dealkylation sites (N-methyl/N-ethyl adjacent to an activating group) is 1. The molecule has 4 nitrogen and oxygen atoms in total. The van der Waals surface area contributed by atoms with Gasteiger partial charge in [-0.1, -0.05) is 6.07 Å². The second-order valence-electron chi connectivity index (χ2n) is 4.27. The van der Waals surface area contributed by atoms with E-state index in [4.69, 9.17) is 5.11 Å². The molecule has 2 rings (SSSR count). The first kappa shape index (κ1) is 13.0. The van der Waals surface area contributed by atoms with Crippen molar-refractivity contribution >= 4 is 17.2 Å². The van der Waals surface area contributed by atoms with Crippen molar-refractivity contribution in [1.82, 2.24) is 9.97 Å². The van der Waals surface area contributed by atoms with E-state index in [-0.39, 0.29) is 6.61 Å². The monoisotopic (exact) mass is 263 g/mol. The topological polar surface area (TPSA) is 49.2 Å². The quantitative estimate of drug-likeness (QED) is 0.897. The summed E-state index contributed by atoms with van der Waals surface area (Å²) in [6.45, 7) is 2.10. The number of aliphatic hydroxyl groups is 1. The molecule has 2 aromatic heterocycles. The first-order valence-corrected chi connectivity index (χ1v) is 6.75. The number of hydrogen-bond acceptors (Lipinski definition) is 5. The summed E-state index contributed by atoms with van der Waals surface area (Å²) in [6, 6.07) is 4.58. The second-order valence-corrected chi connectivity index (χ2v) is 5.30. The SMILES string of the molecule is CC(Cc1cccs1)N(C)c1cnc(CO)cn1. The van der Waals surface area contributed by atoms with Crippen LogP contribution in [0.2, 0.25) is 0 Å². The zero-order valence-electron chi connectivity index (χ0n) is 10.6. The summed E-state index contributed by atoms with van der Waals surface area (Å²) >= 11 is 1.77. The molecular weight excluding hydrogens is 246 g/mol. The van der Waals surface area contributed by atoms with Gasteiger partial charge in [-0.25, -0.2) is 4.98 Å². The molecular formula is C13H17N3OS. The maximum absolute atomic E-state index is 8.93. The third kappa shape index (κ3) is 3.05. The third-order valence-corrected chi connectivity index (χ3v) is 3.85. The van der Waals surface area contributed by atoms with Crippen LogP contribution in [0.1, 0.15) is 17.5 Å². The van der Waals surface area contributed by atoms with Gasteiger partial charge in [0.1, 0.15) is 5.82 Å². The third-order valence-electron chi connectivity index (χ3n) is 2.95. The minimum Gasteiger partial charge on any atom is -0.390 e. The van der Waals surface area contributed by atoms with Gasteiger partial charge in [-0.3, -0.25) is 4.98 Å². The van der Waals surface area contributed by atoms with Crippen molar-refractivity contribution in [2.24, 2.45) is 0 Å². The molecule has 0 saturated heterocycles. The standard InChI is InChI=1S/C13H17N3OS/c1-10(6-12-4-3-5-18-12)16(2)13-8-14-11(9-17)7-15-13/h3-5,7-8,10,17H,6,9H2,1-2H3. The van der Waals surface area contributed by atoms with Gasteiger partial charge in [0.05, 0.1) is 24.7 Å². The van der Waals surface area contributed by atoms with E-state index in [1.54, 1.807) is 23.7 Å². The molecule has 18 heavy (non-hydrogen) atoms. The molecule has 0 aliphatic rings. The molecule has 0 aromatic carbocycles. The lowest BCUT2D eigenvalue weighted by molar-refractivity contribution is 0.276. The first-order chi connectivity index (χ1) is 8.70. The van der Waals surface area contributed by atoms with Crippen LogP contribution in [0.15, 0.2) is 29.9 Å². The molecule has 96 valence electrons. The van der Waals surface area contributed by atoms with Crippen LogP contribution in [0.3, 0.4) is 0 Å². The van der Waals surface area contributed by atoms with Crippen molar-refractivity contribution in [2.75, 3.05) is 11.9 Å². The highest BCUT2D eigenvalue weighted by atomic mass is 32.1. The van der Waals surface area contributed by atoms with E-state index >= 15 is 0 Å². The van der Waals surface area contributed by atoms with Gasteiger partial charge in [0.25, 0.3) is 0 Å². The molecule has 2 heterocycles. The minimum atomic E-state index is -0.0677. The van der Waals surface area contributed by atoms with Crippen molar-refractivity contribution in [3.05, 3.63) is 40.5 Å². The molecule has 0 spiro atoms. The Morgan fingerprint density at radius 3 is 2.78 bits per heavy atom. The van der Waals surface area contributed by atoms with Gasteiger partial charge in [-0.05, 0) is 18.4 Å². The number of nitrogens with zero attached hydrogens (tertiary/aromatic N) is 3. The van der Waals surface area contributed by atoms with Crippen LogP contribution in [-0.4, -0.2) is 28.2 Å². The lowest BCUT2D eigenvalue weighted by Gasteiger charge is -2.25. The Bertz CT molecular complexity index is 469. The summed E-state index contributed by atoms with van der Waals surface area (Å²) in [7, 11) is 2.01. The van der Waals surface area contributed by atoms with E-state index in [1.165, 1.54) is 4.88 Å². The summed E-state index contributed by atoms with van der Waals surface area (Å²) in [5.41, 5.74) is 0.595. The molecule has 5 heteroatoms. The maximum atomic E-state index is 8.93. The van der Waals surface area contributed by atoms with Gasteiger partial charge in [0.2, 0.25) is 0 Å². The van der Waals surface area contributed by atoms with Crippen molar-refractivity contribution in [3.63, 3.8) is 0 Å². The summed E-state index contributed by atoms with van der Waals surface area (Å²) < 4.78 is 0. The normalized spacial score (nSPS) is 12.4. The molecule has 0 radical (unpaired) electrons. The van der Waals surface area contributed by atoms with Crippen molar-refractivity contribution in [3.8, 4) is 0 Å². The summed E-state index contributed by atoms with van der Waals surface area (Å²) in [6.07, 6.45) is 4.32. The highest BCUT2D eigenvalue weighted by molar-refractivity contribution is 7.09. The van der Waals surface area contributed by atoms with Crippen LogP contribution in [0, 0.1) is 0 Å². The molecule has 0 aliphatic heterocycles. The van der Waals surface area contributed by atoms with Crippen LogP contribution in [0.25, 0.3) is 0 Å². The number of rotatable bonds is 5. The Morgan fingerprint density at radius 1 is 1.39 bits per heavy atom. The van der Waals surface area contributed by atoms with Crippen molar-refractivity contribution in [2.45, 2.75) is 26.0 Å². The predicted molar refractivity (Wildman–Crippen MR) is 73.8 cm³/mol. The maximum Gasteiger partial charge on any atom is 0.147 e. The van der Waals surface area contributed by atoms with Crippen LogP contribution >= 0.6 is 11.3 Å². The van der Waals surface area contributed by atoms with Crippen molar-refractivity contribution < 1.29 is 5.11 Å². The Labute approximate surface area is 111 Å². The Morgan fingerprint density at radius 2 is 2.22 bits per heavy atom. The smallest absolute Gasteiger partial charge is 0.147 e. The van der Waals surface area contributed by atoms with Crippen molar-refractivity contribution in [1.29, 1.82) is 0 Å². The molecule has 2 aromatic rings. The fourth-order valence-corrected chi connectivity index (χ4v) is 2.52. The molecule has 0 fully saturated rings. The number of hydrogen-bond donors (Lipinski definition) is 1. The largest absolute Gasteiger partial charge is 0.390 e. The van der Waals surface area contributed by atoms with E-state index in [1.807, 2.05) is 7.05 Å². The molecule has 0 saturated carbocycles. The van der Waals surface area contributed by atoms with Crippen LogP contribution in [0.4, 0.5) is 5.82 Å². The Kier molecular flexibility index (Phi) is 4.28. The number of anilines is 1. The van der Waals surface area contributed by atoms with E-state index in [2.05, 4.69) is 39.3 Å². The molecule has 0 aliphatic carbocycles. The minimum absolute atomic E-state index is 0.0677. The fourth-order valence-electron chi connectivity index (χ4n) is 1.69. The molecule has 0 bridgehead atoms. The van der Waals surface area contributed by atoms with E-state index in [9.17, 15) is 0 Å². The van der Waals surface area contributed by atoms with E-state index < -0.39 is 0 Å². The van der Waals surface area contributed by atoms with Gasteiger partial charge in [0.15, 0.2) is 0 Å². The average Bonchev–Trinajstić information content (AvgIpc) is 2.91. The summed E-state index contributed by atoms with van der Waals surface area (Å²) in [4.78, 5) is 11.9. The predicted octanol–water partition coefficient (Wildman–Crippen LogP) is 2.10. The van der Waals surface area contributed by atoms with E-state index in [0.717, 1.165) is 12.2 Å². The molecule has 0 amide bonds. The number of aliphatic hydroxyl groups excluding tert-OH is 1. The second kappa shape index (κ2) is 5.93.